The van der Waals surface area contributed by atoms with Gasteiger partial charge in [0.05, 0.1) is 5.69 Å². The predicted octanol–water partition coefficient (Wildman–Crippen LogP) is 1.59. The molecule has 0 saturated heterocycles. The molecule has 6 heteroatoms. The summed E-state index contributed by atoms with van der Waals surface area (Å²) >= 11 is 0. The summed E-state index contributed by atoms with van der Waals surface area (Å²) in [6, 6.07) is 0. The molecule has 1 amide bonds. The van der Waals surface area contributed by atoms with Crippen molar-refractivity contribution in [2.24, 2.45) is 13.0 Å². The molecule has 1 aromatic rings. The Balaban J connectivity index is 2.82. The minimum Gasteiger partial charge on any atom is -0.480 e. The maximum atomic E-state index is 12.3. The van der Waals surface area contributed by atoms with Gasteiger partial charge in [0, 0.05) is 18.7 Å². The van der Waals surface area contributed by atoms with Gasteiger partial charge >= 0.3 is 5.97 Å². The Labute approximate surface area is 125 Å². The number of nitrogens with one attached hydrogen (secondary N) is 1. The van der Waals surface area contributed by atoms with E-state index in [4.69, 9.17) is 0 Å². The third-order valence-electron chi connectivity index (χ3n) is 4.19. The van der Waals surface area contributed by atoms with Crippen LogP contribution >= 0.6 is 0 Å². The normalized spacial score (nSPS) is 15.3. The molecule has 0 aliphatic carbocycles. The van der Waals surface area contributed by atoms with Crippen molar-refractivity contribution in [3.8, 4) is 0 Å². The van der Waals surface area contributed by atoms with Crippen molar-refractivity contribution >= 4 is 11.9 Å². The van der Waals surface area contributed by atoms with Gasteiger partial charge in [-0.25, -0.2) is 4.79 Å². The number of aromatic nitrogens is 2. The molecule has 1 rings (SSSR count). The van der Waals surface area contributed by atoms with Crippen molar-refractivity contribution < 1.29 is 14.7 Å². The van der Waals surface area contributed by atoms with E-state index in [2.05, 4.69) is 10.4 Å². The van der Waals surface area contributed by atoms with Crippen molar-refractivity contribution in [3.05, 3.63) is 17.0 Å². The van der Waals surface area contributed by atoms with Crippen molar-refractivity contribution in [2.45, 2.75) is 53.0 Å². The third kappa shape index (κ3) is 3.62. The quantitative estimate of drug-likeness (QED) is 0.834. The lowest BCUT2D eigenvalue weighted by Gasteiger charge is -2.26. The molecule has 0 aromatic carbocycles. The molecule has 0 aliphatic rings. The number of carboxylic acids is 1. The monoisotopic (exact) mass is 295 g/mol. The fourth-order valence-corrected chi connectivity index (χ4v) is 2.20. The Morgan fingerprint density at radius 1 is 1.43 bits per heavy atom. The van der Waals surface area contributed by atoms with Crippen LogP contribution in [0.25, 0.3) is 0 Å². The smallest absolute Gasteiger partial charge is 0.329 e. The number of aliphatic carboxylic acids is 1. The summed E-state index contributed by atoms with van der Waals surface area (Å²) in [7, 11) is 1.87. The first-order chi connectivity index (χ1) is 9.62. The second-order valence-electron chi connectivity index (χ2n) is 5.86. The molecular weight excluding hydrogens is 270 g/mol. The Bertz CT molecular complexity index is 551. The molecule has 0 spiro atoms. The summed E-state index contributed by atoms with van der Waals surface area (Å²) in [5.41, 5.74) is 1.77. The largest absolute Gasteiger partial charge is 0.480 e. The molecule has 21 heavy (non-hydrogen) atoms. The molecule has 1 heterocycles. The fourth-order valence-electron chi connectivity index (χ4n) is 2.20. The predicted molar refractivity (Wildman–Crippen MR) is 80.0 cm³/mol. The molecular formula is C15H25N3O3. The second kappa shape index (κ2) is 6.28. The Morgan fingerprint density at radius 3 is 2.38 bits per heavy atom. The van der Waals surface area contributed by atoms with Crippen LogP contribution in [0, 0.1) is 19.8 Å². The van der Waals surface area contributed by atoms with E-state index in [1.54, 1.807) is 18.5 Å². The standard InChI is InChI=1S/C15H25N3O3/c1-7-15(5,14(20)21)16-13(19)9(2)8-12-10(3)17-18(6)11(12)4/h9H,7-8H2,1-6H3,(H,16,19)(H,20,21). The highest BCUT2D eigenvalue weighted by Gasteiger charge is 2.34. The molecule has 6 nitrogen and oxygen atoms in total. The summed E-state index contributed by atoms with van der Waals surface area (Å²) < 4.78 is 1.79. The highest BCUT2D eigenvalue weighted by atomic mass is 16.4. The maximum Gasteiger partial charge on any atom is 0.329 e. The lowest BCUT2D eigenvalue weighted by Crippen LogP contribution is -2.53. The number of amides is 1. The van der Waals surface area contributed by atoms with E-state index in [0.717, 1.165) is 17.0 Å². The van der Waals surface area contributed by atoms with E-state index in [1.807, 2.05) is 20.9 Å². The van der Waals surface area contributed by atoms with Crippen LogP contribution < -0.4 is 5.32 Å². The van der Waals surface area contributed by atoms with Crippen molar-refractivity contribution in [1.82, 2.24) is 15.1 Å². The highest BCUT2D eigenvalue weighted by molar-refractivity contribution is 5.87. The Kier molecular flexibility index (Phi) is 5.15. The molecule has 118 valence electrons. The topological polar surface area (TPSA) is 84.2 Å². The zero-order chi connectivity index (χ0) is 16.4. The molecule has 2 N–H and O–H groups in total. The van der Waals surface area contributed by atoms with Crippen LogP contribution in [-0.2, 0) is 23.1 Å². The molecule has 2 atom stereocenters. The molecule has 0 fully saturated rings. The van der Waals surface area contributed by atoms with Crippen LogP contribution in [0.3, 0.4) is 0 Å². The minimum atomic E-state index is -1.22. The van der Waals surface area contributed by atoms with Crippen molar-refractivity contribution in [3.63, 3.8) is 0 Å². The molecule has 0 aliphatic heterocycles. The lowest BCUT2D eigenvalue weighted by molar-refractivity contribution is -0.147. The van der Waals surface area contributed by atoms with Crippen LogP contribution in [0.2, 0.25) is 0 Å². The van der Waals surface area contributed by atoms with Gasteiger partial charge in [0.15, 0.2) is 0 Å². The minimum absolute atomic E-state index is 0.246. The van der Waals surface area contributed by atoms with E-state index < -0.39 is 11.5 Å². The van der Waals surface area contributed by atoms with Gasteiger partial charge in [-0.15, -0.1) is 0 Å². The van der Waals surface area contributed by atoms with Crippen molar-refractivity contribution in [1.29, 1.82) is 0 Å². The summed E-state index contributed by atoms with van der Waals surface area (Å²) in [5.74, 6) is -1.57. The number of rotatable bonds is 6. The molecule has 0 radical (unpaired) electrons. The Morgan fingerprint density at radius 2 is 2.00 bits per heavy atom. The first-order valence-corrected chi connectivity index (χ1v) is 7.16. The van der Waals surface area contributed by atoms with E-state index >= 15 is 0 Å². The number of carboxylic acid groups (broad SMARTS) is 1. The average molecular weight is 295 g/mol. The fraction of sp³-hybridized carbons (Fsp3) is 0.667. The van der Waals surface area contributed by atoms with Crippen LogP contribution in [0.5, 0.6) is 0 Å². The number of hydrogen-bond donors (Lipinski definition) is 2. The zero-order valence-corrected chi connectivity index (χ0v) is 13.6. The highest BCUT2D eigenvalue weighted by Crippen LogP contribution is 2.18. The third-order valence-corrected chi connectivity index (χ3v) is 4.19. The van der Waals surface area contributed by atoms with Gasteiger partial charge in [0.1, 0.15) is 5.54 Å². The zero-order valence-electron chi connectivity index (χ0n) is 13.6. The van der Waals surface area contributed by atoms with Gasteiger partial charge in [-0.3, -0.25) is 9.48 Å². The SMILES string of the molecule is CCC(C)(NC(=O)C(C)Cc1c(C)nn(C)c1C)C(=O)O. The Hall–Kier alpha value is -1.85. The first-order valence-electron chi connectivity index (χ1n) is 7.16. The van der Waals surface area contributed by atoms with Crippen LogP contribution in [-0.4, -0.2) is 32.3 Å². The van der Waals surface area contributed by atoms with Gasteiger partial charge in [-0.2, -0.15) is 5.10 Å². The summed E-state index contributed by atoms with van der Waals surface area (Å²) in [6.45, 7) is 8.96. The summed E-state index contributed by atoms with van der Waals surface area (Å²) in [5, 5.41) is 16.2. The number of carbonyl (C=O) groups excluding carboxylic acids is 1. The second-order valence-corrected chi connectivity index (χ2v) is 5.86. The molecule has 1 aromatic heterocycles. The van der Waals surface area contributed by atoms with E-state index in [1.165, 1.54) is 6.92 Å². The van der Waals surface area contributed by atoms with Crippen molar-refractivity contribution in [2.75, 3.05) is 0 Å². The lowest BCUT2D eigenvalue weighted by atomic mass is 9.95. The number of nitrogens with zero attached hydrogens (tertiary/aromatic N) is 2. The van der Waals surface area contributed by atoms with E-state index in [-0.39, 0.29) is 11.8 Å². The number of carbonyl (C=O) groups is 2. The number of aryl methyl sites for hydroxylation is 2. The van der Waals surface area contributed by atoms with Crippen LogP contribution in [0.1, 0.15) is 44.1 Å². The van der Waals surface area contributed by atoms with Crippen LogP contribution in [0.4, 0.5) is 0 Å². The number of hydrogen-bond acceptors (Lipinski definition) is 3. The summed E-state index contributed by atoms with van der Waals surface area (Å²) in [4.78, 5) is 23.5. The average Bonchev–Trinajstić information content (AvgIpc) is 2.64. The first kappa shape index (κ1) is 17.2. The molecule has 2 unspecified atom stereocenters. The maximum absolute atomic E-state index is 12.3. The summed E-state index contributed by atoms with van der Waals surface area (Å²) in [6.07, 6.45) is 0.891. The van der Waals surface area contributed by atoms with Gasteiger partial charge in [-0.05, 0) is 39.2 Å². The molecule has 0 bridgehead atoms. The van der Waals surface area contributed by atoms with Gasteiger partial charge in [-0.1, -0.05) is 13.8 Å². The van der Waals surface area contributed by atoms with Gasteiger partial charge in [0.2, 0.25) is 5.91 Å². The van der Waals surface area contributed by atoms with Gasteiger partial charge < -0.3 is 10.4 Å². The van der Waals surface area contributed by atoms with Gasteiger partial charge in [0.25, 0.3) is 0 Å². The molecule has 0 saturated carbocycles. The van der Waals surface area contributed by atoms with Crippen LogP contribution in [0.15, 0.2) is 0 Å². The van der Waals surface area contributed by atoms with E-state index in [0.29, 0.717) is 12.8 Å². The van der Waals surface area contributed by atoms with E-state index in [9.17, 15) is 14.7 Å².